The van der Waals surface area contributed by atoms with Gasteiger partial charge >= 0.3 is 0 Å². The summed E-state index contributed by atoms with van der Waals surface area (Å²) in [7, 11) is 0. The number of rotatable bonds is 6. The van der Waals surface area contributed by atoms with Crippen molar-refractivity contribution in [1.82, 2.24) is 14.1 Å². The molecule has 0 fully saturated rings. The van der Waals surface area contributed by atoms with Crippen LogP contribution in [-0.2, 0) is 21.7 Å². The van der Waals surface area contributed by atoms with E-state index < -0.39 is 105 Å². The number of fused-ring (bicyclic) bond motifs is 11. The van der Waals surface area contributed by atoms with Crippen molar-refractivity contribution in [1.29, 1.82) is 0 Å². The topological polar surface area (TPSA) is 35.9 Å². The Morgan fingerprint density at radius 2 is 1.22 bits per heavy atom. The summed E-state index contributed by atoms with van der Waals surface area (Å²) in [6.07, 6.45) is -3.72. The van der Waals surface area contributed by atoms with Gasteiger partial charge in [-0.05, 0) is 198 Å². The zero-order chi connectivity index (χ0) is 78.7. The van der Waals surface area contributed by atoms with Gasteiger partial charge in [0.05, 0.1) is 37.6 Å². The molecule has 0 amide bonds. The van der Waals surface area contributed by atoms with Crippen LogP contribution in [0.1, 0.15) is 149 Å². The second-order valence-corrected chi connectivity index (χ2v) is 23.7. The summed E-state index contributed by atoms with van der Waals surface area (Å²) >= 11 is 0. The summed E-state index contributed by atoms with van der Waals surface area (Å²) in [5.41, 5.74) is -7.27. The average Bonchev–Trinajstić information content (AvgIpc) is 0.758. The Morgan fingerprint density at radius 3 is 1.93 bits per heavy atom. The molecule has 9 aromatic carbocycles. The Balaban J connectivity index is 1.13. The number of benzene rings is 9. The highest BCUT2D eigenvalue weighted by atomic mass is 16.5. The van der Waals surface area contributed by atoms with E-state index in [1.165, 1.54) is 30.3 Å². The smallest absolute Gasteiger partial charge is 0.269 e. The molecule has 14 rings (SSSR count). The van der Waals surface area contributed by atoms with Crippen LogP contribution < -0.4 is 9.30 Å². The highest BCUT2D eigenvalue weighted by Gasteiger charge is 2.38. The van der Waals surface area contributed by atoms with Gasteiger partial charge in [-0.25, -0.2) is 4.98 Å². The van der Waals surface area contributed by atoms with Crippen molar-refractivity contribution in [3.05, 3.63) is 234 Å². The lowest BCUT2D eigenvalue weighted by Crippen LogP contribution is -2.35. The van der Waals surface area contributed by atoms with Gasteiger partial charge in [-0.3, -0.25) is 13.7 Å². The molecule has 4 heterocycles. The maximum absolute atomic E-state index is 10.5. The first-order valence-electron chi connectivity index (χ1n) is 39.9. The fourth-order valence-corrected chi connectivity index (χ4v) is 12.0. The van der Waals surface area contributed by atoms with Crippen molar-refractivity contribution >= 4 is 32.8 Å². The van der Waals surface area contributed by atoms with Crippen molar-refractivity contribution in [2.24, 2.45) is 0 Å². The van der Waals surface area contributed by atoms with E-state index >= 15 is 0 Å². The molecule has 0 N–H and O–H groups in total. The third-order valence-electron chi connectivity index (χ3n) is 16.1. The van der Waals surface area contributed by atoms with Crippen LogP contribution in [0.25, 0.3) is 106 Å². The van der Waals surface area contributed by atoms with Crippen LogP contribution in [0.5, 0.6) is 11.5 Å². The zero-order valence-electron chi connectivity index (χ0n) is 71.4. The normalized spacial score (nSPS) is 20.9. The highest BCUT2D eigenvalue weighted by molar-refractivity contribution is 6.09. The molecule has 5 nitrogen and oxygen atoms in total. The lowest BCUT2D eigenvalue weighted by atomic mass is 9.63. The predicted octanol–water partition coefficient (Wildman–Crippen LogP) is 20.2. The molecule has 410 valence electrons. The number of nitrogens with zero attached hydrogens (tertiary/aromatic N) is 4. The number of hydrogen-bond donors (Lipinski definition) is 0. The fraction of sp³-hybridized carbons (Fsp3) is 0.231. The molecule has 0 bridgehead atoms. The van der Waals surface area contributed by atoms with Crippen LogP contribution >= 0.6 is 0 Å². The van der Waals surface area contributed by atoms with Gasteiger partial charge in [0, 0.05) is 53.2 Å². The van der Waals surface area contributed by atoms with Crippen LogP contribution in [0.2, 0.25) is 0 Å². The van der Waals surface area contributed by atoms with Gasteiger partial charge in [-0.15, -0.1) is 0 Å². The molecule has 1 aliphatic carbocycles. The highest BCUT2D eigenvalue weighted by Crippen LogP contribution is 2.50. The molecule has 0 saturated carbocycles. The van der Waals surface area contributed by atoms with Gasteiger partial charge in [0.15, 0.2) is 0 Å². The quantitative estimate of drug-likeness (QED) is 0.123. The maximum Gasteiger partial charge on any atom is 0.269 e. The number of para-hydroxylation sites is 1. The van der Waals surface area contributed by atoms with Crippen molar-refractivity contribution < 1.29 is 43.6 Å². The molecule has 0 radical (unpaired) electrons. The molecule has 0 unspecified atom stereocenters. The molecule has 3 aromatic heterocycles. The molecule has 1 aliphatic heterocycles. The molecular formula is C78H72N4O. The van der Waals surface area contributed by atoms with E-state index in [0.29, 0.717) is 61.8 Å². The number of hydrogen-bond acceptors (Lipinski definition) is 2. The summed E-state index contributed by atoms with van der Waals surface area (Å²) in [6, 6.07) is 45.5. The third kappa shape index (κ3) is 8.64. The van der Waals surface area contributed by atoms with Gasteiger partial charge in [0.2, 0.25) is 0 Å². The van der Waals surface area contributed by atoms with E-state index in [1.807, 2.05) is 87.5 Å². The average molecular weight is 1110 g/mol. The predicted molar refractivity (Wildman–Crippen MR) is 345 cm³/mol. The SMILES string of the molecule is [2H]c1c([2H])c2c(c([2H])c1-c1cc3c4c(c1)n(-c1cccc(Oc5ccc6c7ccccc7n(-c7cc(C(C)(C)C)ccn7)c6c5)c1)[c-][n+]4-c1c(cc(-c4c(C([2H])([2H])[2H])cccc4C([2H])([2H])[2H])cc1C(C)(C)C)-c1ccccc1-c1ccccc1-3)C(C([2H])([2H])[2H])(C([2H])([2H])[2H])C([2H])([2H])C([2H])([2H])C2(C([2H])([2H])[2H])C([2H])([2H])[2H]. The van der Waals surface area contributed by atoms with E-state index in [0.717, 1.165) is 27.4 Å². The van der Waals surface area contributed by atoms with Gasteiger partial charge in [0.25, 0.3) is 6.33 Å². The Morgan fingerprint density at radius 1 is 0.566 bits per heavy atom. The third-order valence-corrected chi connectivity index (χ3v) is 16.1. The maximum atomic E-state index is 10.5. The zero-order valence-corrected chi connectivity index (χ0v) is 46.4. The lowest BCUT2D eigenvalue weighted by molar-refractivity contribution is -0.572. The Bertz CT molecular complexity index is 5670. The summed E-state index contributed by atoms with van der Waals surface area (Å²) < 4.78 is 243. The molecule has 5 heteroatoms. The number of pyridine rings is 1. The largest absolute Gasteiger partial charge is 0.458 e. The van der Waals surface area contributed by atoms with E-state index in [1.54, 1.807) is 82.1 Å². The Labute approximate surface area is 524 Å². The molecule has 2 aliphatic rings. The summed E-state index contributed by atoms with van der Waals surface area (Å²) in [4.78, 5) is 4.86. The second kappa shape index (κ2) is 18.9. The number of imidazole rings is 1. The van der Waals surface area contributed by atoms with Gasteiger partial charge in [-0.1, -0.05) is 190 Å². The standard InChI is InChI=1S/C78H72N4O/c1-48-21-19-22-49(2)72(48)52-40-63-59-27-15-13-25-57(59)58-26-14-16-28-60(58)64-39-51(50-31-34-65-66(41-50)78(11,12)37-36-77(65,9)10)43-70-74(64)81(73(63)67(42-52)76(6,7)8)47-80(70)54-23-20-24-55(45-54)83-56-32-33-62-61-29-17-18-30-68(61)82(69(62)46-56)71-44-53(35-38-79-71)75(3,4)5/h13-35,38-46H,36-37H2,1-12H3/i1D3,2D3,9D3,10D3,11D3,12D3,31D,34D,36D2,37D2,41D. The molecule has 12 aromatic rings. The van der Waals surface area contributed by atoms with Gasteiger partial charge in [-0.2, -0.15) is 0 Å². The molecule has 0 atom stereocenters. The monoisotopic (exact) mass is 1110 g/mol. The number of ether oxygens (including phenoxy) is 1. The summed E-state index contributed by atoms with van der Waals surface area (Å²) in [5, 5.41) is 1.88. The minimum absolute atomic E-state index is 0.0365. The molecule has 0 spiro atoms. The number of aromatic nitrogens is 4. The Hall–Kier alpha value is -8.80. The number of aryl methyl sites for hydroxylation is 2. The molecule has 0 saturated heterocycles. The van der Waals surface area contributed by atoms with Crippen molar-refractivity contribution in [3.63, 3.8) is 0 Å². The van der Waals surface area contributed by atoms with E-state index in [-0.39, 0.29) is 50.1 Å². The fourth-order valence-electron chi connectivity index (χ4n) is 12.0. The van der Waals surface area contributed by atoms with Crippen molar-refractivity contribution in [2.45, 2.75) is 117 Å². The molecule has 83 heavy (non-hydrogen) atoms. The Kier molecular flexibility index (Phi) is 7.18. The van der Waals surface area contributed by atoms with Crippen molar-refractivity contribution in [3.8, 4) is 84.3 Å². The van der Waals surface area contributed by atoms with Crippen molar-refractivity contribution in [2.75, 3.05) is 0 Å². The van der Waals surface area contributed by atoms with Crippen LogP contribution in [-0.4, -0.2) is 14.1 Å². The van der Waals surface area contributed by atoms with Crippen LogP contribution in [0.15, 0.2) is 194 Å². The van der Waals surface area contributed by atoms with E-state index in [9.17, 15) is 9.60 Å². The minimum atomic E-state index is -4.59. The first kappa shape index (κ1) is 31.6. The van der Waals surface area contributed by atoms with E-state index in [2.05, 4.69) is 37.7 Å². The van der Waals surface area contributed by atoms with Crippen LogP contribution in [0, 0.1) is 20.0 Å². The lowest BCUT2D eigenvalue weighted by Gasteiger charge is -2.42. The summed E-state index contributed by atoms with van der Waals surface area (Å²) in [6.45, 7) is -10.7. The van der Waals surface area contributed by atoms with Crippen LogP contribution in [0.4, 0.5) is 0 Å². The first-order valence-corrected chi connectivity index (χ1v) is 27.4. The first-order chi connectivity index (χ1) is 49.9. The van der Waals surface area contributed by atoms with E-state index in [4.69, 9.17) is 34.4 Å². The minimum Gasteiger partial charge on any atom is -0.458 e. The summed E-state index contributed by atoms with van der Waals surface area (Å²) in [5.74, 6) is 1.36. The van der Waals surface area contributed by atoms with Gasteiger partial charge < -0.3 is 4.74 Å². The second-order valence-electron chi connectivity index (χ2n) is 23.7. The molecular weight excluding hydrogens is 1010 g/mol. The van der Waals surface area contributed by atoms with Gasteiger partial charge in [0.1, 0.15) is 17.3 Å². The van der Waals surface area contributed by atoms with Crippen LogP contribution in [0.3, 0.4) is 0 Å².